The van der Waals surface area contributed by atoms with Crippen LogP contribution in [0.5, 0.6) is 0 Å². The Labute approximate surface area is 121 Å². The minimum Gasteiger partial charge on any atom is -0.478 e. The van der Waals surface area contributed by atoms with Crippen LogP contribution in [0, 0.1) is 22.7 Å². The van der Waals surface area contributed by atoms with Gasteiger partial charge in [0.2, 0.25) is 0 Å². The molecule has 0 aromatic carbocycles. The van der Waals surface area contributed by atoms with E-state index in [0.29, 0.717) is 17.3 Å². The van der Waals surface area contributed by atoms with E-state index >= 15 is 0 Å². The number of carboxylic acids is 1. The predicted molar refractivity (Wildman–Crippen MR) is 79.5 cm³/mol. The molecule has 2 fully saturated rings. The summed E-state index contributed by atoms with van der Waals surface area (Å²) in [4.78, 5) is 11.6. The van der Waals surface area contributed by atoms with Gasteiger partial charge in [0.05, 0.1) is 0 Å². The first-order chi connectivity index (χ1) is 9.47. The second kappa shape index (κ2) is 4.59. The molecule has 0 radical (unpaired) electrons. The highest BCUT2D eigenvalue weighted by atomic mass is 16.4. The summed E-state index contributed by atoms with van der Waals surface area (Å²) in [7, 11) is 2.02. The molecule has 3 rings (SSSR count). The zero-order chi connectivity index (χ0) is 14.5. The maximum Gasteiger partial charge on any atom is 0.331 e. The van der Waals surface area contributed by atoms with Gasteiger partial charge in [-0.25, -0.2) is 4.79 Å². The molecule has 2 N–H and O–H groups in total. The van der Waals surface area contributed by atoms with Crippen LogP contribution < -0.4 is 5.32 Å². The topological polar surface area (TPSA) is 49.3 Å². The number of hydrogen-bond acceptors (Lipinski definition) is 2. The Hall–Kier alpha value is -0.830. The quantitative estimate of drug-likeness (QED) is 0.829. The van der Waals surface area contributed by atoms with Crippen molar-refractivity contribution in [3.8, 4) is 0 Å². The van der Waals surface area contributed by atoms with Crippen LogP contribution in [-0.4, -0.2) is 24.7 Å². The van der Waals surface area contributed by atoms with E-state index in [4.69, 9.17) is 0 Å². The summed E-state index contributed by atoms with van der Waals surface area (Å²) in [6.45, 7) is 5.85. The average molecular weight is 277 g/mol. The zero-order valence-electron chi connectivity index (χ0n) is 13.0. The smallest absolute Gasteiger partial charge is 0.331 e. The summed E-state index contributed by atoms with van der Waals surface area (Å²) in [6, 6.07) is 0. The molecule has 0 aromatic rings. The summed E-state index contributed by atoms with van der Waals surface area (Å²) >= 11 is 0. The average Bonchev–Trinajstić information content (AvgIpc) is 2.84. The Morgan fingerprint density at radius 1 is 1.45 bits per heavy atom. The minimum absolute atomic E-state index is 0.181. The van der Waals surface area contributed by atoms with Gasteiger partial charge in [-0.3, -0.25) is 0 Å². The molecule has 2 saturated carbocycles. The van der Waals surface area contributed by atoms with Crippen molar-refractivity contribution < 1.29 is 9.90 Å². The summed E-state index contributed by atoms with van der Waals surface area (Å²) < 4.78 is 0. The van der Waals surface area contributed by atoms with Crippen LogP contribution in [-0.2, 0) is 4.79 Å². The Morgan fingerprint density at radius 2 is 2.20 bits per heavy atom. The molecule has 0 aromatic heterocycles. The normalized spacial score (nSPS) is 43.0. The van der Waals surface area contributed by atoms with Gasteiger partial charge in [0.25, 0.3) is 0 Å². The summed E-state index contributed by atoms with van der Waals surface area (Å²) in [5, 5.41) is 12.8. The minimum atomic E-state index is -0.660. The molecule has 2 bridgehead atoms. The molecule has 1 spiro atoms. The lowest BCUT2D eigenvalue weighted by Gasteiger charge is -2.53. The lowest BCUT2D eigenvalue weighted by atomic mass is 9.51. The number of aliphatic carboxylic acids is 1. The van der Waals surface area contributed by atoms with Crippen LogP contribution in [0.1, 0.15) is 52.4 Å². The van der Waals surface area contributed by atoms with E-state index in [1.807, 2.05) is 7.05 Å². The number of carboxylic acid groups (broad SMARTS) is 1. The van der Waals surface area contributed by atoms with Crippen molar-refractivity contribution in [2.75, 3.05) is 13.6 Å². The Balaban J connectivity index is 2.09. The van der Waals surface area contributed by atoms with E-state index in [0.717, 1.165) is 31.4 Å². The van der Waals surface area contributed by atoms with E-state index in [9.17, 15) is 9.90 Å². The molecule has 20 heavy (non-hydrogen) atoms. The monoisotopic (exact) mass is 277 g/mol. The van der Waals surface area contributed by atoms with Gasteiger partial charge in [-0.05, 0) is 69.4 Å². The molecule has 0 amide bonds. The van der Waals surface area contributed by atoms with Gasteiger partial charge in [-0.2, -0.15) is 0 Å². The van der Waals surface area contributed by atoms with Gasteiger partial charge in [-0.15, -0.1) is 0 Å². The van der Waals surface area contributed by atoms with E-state index < -0.39 is 5.97 Å². The molecule has 3 heteroatoms. The third kappa shape index (κ3) is 1.53. The molecule has 112 valence electrons. The summed E-state index contributed by atoms with van der Waals surface area (Å²) in [5.74, 6) is 0.666. The highest BCUT2D eigenvalue weighted by Gasteiger charge is 2.65. The van der Waals surface area contributed by atoms with E-state index in [1.165, 1.54) is 24.8 Å². The highest BCUT2D eigenvalue weighted by molar-refractivity contribution is 5.89. The first-order valence-corrected chi connectivity index (χ1v) is 8.07. The molecular weight excluding hydrogens is 250 g/mol. The standard InChI is InChI=1S/C17H27NO2/c1-11-4-5-12-10-14-13(15(19)20)6-7-17(11,14)16(12,2)8-9-18-3/h11-12,18H,4-10H2,1-3H3,(H,19,20)/t11-,12-,16+,17+/m1/s1. The molecule has 3 aliphatic rings. The van der Waals surface area contributed by atoms with E-state index in [-0.39, 0.29) is 5.41 Å². The Bertz CT molecular complexity index is 470. The molecule has 0 aliphatic heterocycles. The van der Waals surface area contributed by atoms with Crippen LogP contribution in [0.25, 0.3) is 0 Å². The van der Waals surface area contributed by atoms with Crippen molar-refractivity contribution in [1.29, 1.82) is 0 Å². The maximum absolute atomic E-state index is 11.6. The van der Waals surface area contributed by atoms with Gasteiger partial charge in [-0.1, -0.05) is 19.4 Å². The number of carbonyl (C=O) groups is 1. The molecule has 4 atom stereocenters. The van der Waals surface area contributed by atoms with Gasteiger partial charge >= 0.3 is 5.97 Å². The van der Waals surface area contributed by atoms with E-state index in [2.05, 4.69) is 19.2 Å². The molecule has 0 unspecified atom stereocenters. The fraction of sp³-hybridized carbons (Fsp3) is 0.824. The third-order valence-electron chi connectivity index (χ3n) is 6.98. The van der Waals surface area contributed by atoms with Crippen molar-refractivity contribution in [1.82, 2.24) is 5.32 Å². The zero-order valence-corrected chi connectivity index (χ0v) is 13.0. The summed E-state index contributed by atoms with van der Waals surface area (Å²) in [5.41, 5.74) is 2.57. The van der Waals surface area contributed by atoms with Crippen molar-refractivity contribution in [3.05, 3.63) is 11.1 Å². The number of allylic oxidation sites excluding steroid dienone is 1. The Kier molecular flexibility index (Phi) is 3.24. The fourth-order valence-corrected chi connectivity index (χ4v) is 5.94. The lowest BCUT2D eigenvalue weighted by molar-refractivity contribution is -0.132. The number of nitrogens with one attached hydrogen (secondary N) is 1. The maximum atomic E-state index is 11.6. The predicted octanol–water partition coefficient (Wildman–Crippen LogP) is 3.21. The van der Waals surface area contributed by atoms with Gasteiger partial charge < -0.3 is 10.4 Å². The number of fused-ring (bicyclic) bond motifs is 1. The second-order valence-corrected chi connectivity index (χ2v) is 7.38. The van der Waals surface area contributed by atoms with Crippen molar-refractivity contribution in [2.24, 2.45) is 22.7 Å². The van der Waals surface area contributed by atoms with Gasteiger partial charge in [0, 0.05) is 11.0 Å². The summed E-state index contributed by atoms with van der Waals surface area (Å²) in [6.07, 6.45) is 6.63. The Morgan fingerprint density at radius 3 is 2.85 bits per heavy atom. The first kappa shape index (κ1) is 14.1. The highest BCUT2D eigenvalue weighted by Crippen LogP contribution is 2.73. The van der Waals surface area contributed by atoms with Crippen LogP contribution in [0.4, 0.5) is 0 Å². The molecule has 3 nitrogen and oxygen atoms in total. The van der Waals surface area contributed by atoms with Crippen LogP contribution in [0.2, 0.25) is 0 Å². The SMILES string of the molecule is CNCC[C@@]1(C)[C@@H]2CC[C@@H](C)[C@]13CCC(C(=O)O)=C3C2. The molecule has 3 aliphatic carbocycles. The van der Waals surface area contributed by atoms with Crippen LogP contribution >= 0.6 is 0 Å². The lowest BCUT2D eigenvalue weighted by Crippen LogP contribution is -2.47. The molecule has 0 saturated heterocycles. The number of hydrogen-bond donors (Lipinski definition) is 2. The first-order valence-electron chi connectivity index (χ1n) is 8.07. The van der Waals surface area contributed by atoms with Crippen molar-refractivity contribution >= 4 is 5.97 Å². The largest absolute Gasteiger partial charge is 0.478 e. The van der Waals surface area contributed by atoms with Crippen LogP contribution in [0.3, 0.4) is 0 Å². The molecule has 0 heterocycles. The number of rotatable bonds is 4. The van der Waals surface area contributed by atoms with Crippen LogP contribution in [0.15, 0.2) is 11.1 Å². The van der Waals surface area contributed by atoms with Gasteiger partial charge in [0.1, 0.15) is 0 Å². The molecular formula is C17H27NO2. The van der Waals surface area contributed by atoms with Crippen molar-refractivity contribution in [3.63, 3.8) is 0 Å². The second-order valence-electron chi connectivity index (χ2n) is 7.38. The van der Waals surface area contributed by atoms with Crippen molar-refractivity contribution in [2.45, 2.75) is 52.4 Å². The third-order valence-corrected chi connectivity index (χ3v) is 6.98. The van der Waals surface area contributed by atoms with E-state index in [1.54, 1.807) is 0 Å². The fourth-order valence-electron chi connectivity index (χ4n) is 5.94. The van der Waals surface area contributed by atoms with Gasteiger partial charge in [0.15, 0.2) is 0 Å².